The lowest BCUT2D eigenvalue weighted by Gasteiger charge is -2.24. The summed E-state index contributed by atoms with van der Waals surface area (Å²) in [6.07, 6.45) is 1.11. The van der Waals surface area contributed by atoms with Gasteiger partial charge in [-0.25, -0.2) is 9.59 Å². The van der Waals surface area contributed by atoms with E-state index in [1.165, 1.54) is 12.1 Å². The number of alkyl carbamates (subject to hydrolysis) is 1. The molecule has 2 atom stereocenters. The number of aromatic nitrogens is 1. The van der Waals surface area contributed by atoms with E-state index in [9.17, 15) is 24.3 Å². The van der Waals surface area contributed by atoms with Crippen LogP contribution in [0.15, 0.2) is 85.1 Å². The molecule has 3 aromatic carbocycles. The lowest BCUT2D eigenvalue weighted by molar-refractivity contribution is -0.124. The average Bonchev–Trinajstić information content (AvgIpc) is 3.38. The number of benzene rings is 3. The molecule has 44 heavy (non-hydrogen) atoms. The first-order chi connectivity index (χ1) is 21.0. The van der Waals surface area contributed by atoms with Gasteiger partial charge in [0.2, 0.25) is 5.91 Å². The average molecular weight is 600 g/mol. The SMILES string of the molecule is CC(C)(C)OC(=O)N[C@@H](Cc1ccc(O)cc1)C(=O)NC(=O)N[C@@H](Cc1c[nH]c2ccccc12)C(=O)NCc1ccccc1. The number of nitrogens with one attached hydrogen (secondary N) is 5. The van der Waals surface area contributed by atoms with Crippen LogP contribution in [0, 0.1) is 0 Å². The molecule has 0 aliphatic heterocycles. The topological polar surface area (TPSA) is 162 Å². The molecule has 0 spiro atoms. The number of phenols is 1. The van der Waals surface area contributed by atoms with E-state index in [1.807, 2.05) is 54.6 Å². The van der Waals surface area contributed by atoms with E-state index in [4.69, 9.17) is 4.74 Å². The molecule has 0 bridgehead atoms. The summed E-state index contributed by atoms with van der Waals surface area (Å²) >= 11 is 0. The molecule has 0 aliphatic rings. The maximum absolute atomic E-state index is 13.3. The molecule has 4 aromatic rings. The highest BCUT2D eigenvalue weighted by Gasteiger charge is 2.28. The fraction of sp³-hybridized carbons (Fsp3) is 0.273. The van der Waals surface area contributed by atoms with Gasteiger partial charge in [-0.15, -0.1) is 0 Å². The van der Waals surface area contributed by atoms with Gasteiger partial charge in [0.1, 0.15) is 23.4 Å². The zero-order valence-corrected chi connectivity index (χ0v) is 24.8. The molecule has 11 nitrogen and oxygen atoms in total. The van der Waals surface area contributed by atoms with Crippen molar-refractivity contribution in [3.8, 4) is 5.75 Å². The van der Waals surface area contributed by atoms with Crippen LogP contribution >= 0.6 is 0 Å². The zero-order chi connectivity index (χ0) is 31.7. The number of phenolic OH excluding ortho intramolecular Hbond substituents is 1. The summed E-state index contributed by atoms with van der Waals surface area (Å²) in [5, 5.41) is 20.8. The molecule has 0 fully saturated rings. The van der Waals surface area contributed by atoms with Crippen LogP contribution in [0.1, 0.15) is 37.5 Å². The third kappa shape index (κ3) is 9.35. The lowest BCUT2D eigenvalue weighted by Crippen LogP contribution is -2.56. The van der Waals surface area contributed by atoms with Gasteiger partial charge < -0.3 is 30.8 Å². The smallest absolute Gasteiger partial charge is 0.408 e. The van der Waals surface area contributed by atoms with Gasteiger partial charge in [-0.1, -0.05) is 60.7 Å². The summed E-state index contributed by atoms with van der Waals surface area (Å²) in [4.78, 5) is 55.5. The summed E-state index contributed by atoms with van der Waals surface area (Å²) in [5.41, 5.74) is 2.39. The molecule has 6 N–H and O–H groups in total. The number of carbonyl (C=O) groups is 4. The van der Waals surface area contributed by atoms with E-state index in [2.05, 4.69) is 26.3 Å². The van der Waals surface area contributed by atoms with Crippen molar-refractivity contribution in [3.05, 3.63) is 102 Å². The molecule has 230 valence electrons. The second-order valence-corrected chi connectivity index (χ2v) is 11.4. The number of carbonyl (C=O) groups excluding carboxylic acids is 4. The lowest BCUT2D eigenvalue weighted by atomic mass is 10.0. The van der Waals surface area contributed by atoms with Crippen molar-refractivity contribution in [2.45, 2.75) is 57.8 Å². The van der Waals surface area contributed by atoms with Crippen molar-refractivity contribution in [1.29, 1.82) is 0 Å². The number of amides is 5. The van der Waals surface area contributed by atoms with E-state index in [1.54, 1.807) is 39.1 Å². The number of ether oxygens (including phenoxy) is 1. The number of rotatable bonds is 10. The molecule has 0 radical (unpaired) electrons. The minimum atomic E-state index is -1.20. The molecule has 1 aromatic heterocycles. The van der Waals surface area contributed by atoms with Crippen LogP contribution in [0.25, 0.3) is 10.9 Å². The molecule has 4 rings (SSSR count). The summed E-state index contributed by atoms with van der Waals surface area (Å²) in [6, 6.07) is 19.9. The quantitative estimate of drug-likeness (QED) is 0.161. The van der Waals surface area contributed by atoms with Crippen LogP contribution in [0.3, 0.4) is 0 Å². The first-order valence-corrected chi connectivity index (χ1v) is 14.2. The Bertz CT molecular complexity index is 1590. The van der Waals surface area contributed by atoms with Gasteiger partial charge in [-0.05, 0) is 55.7 Å². The Balaban J connectivity index is 1.48. The maximum atomic E-state index is 13.3. The standard InChI is InChI=1S/C33H37N5O6/c1-33(2,3)44-32(43)37-27(17-21-13-15-24(39)16-14-21)30(41)38-31(42)36-28(29(40)35-19-22-9-5-4-6-10-22)18-23-20-34-26-12-8-7-11-25(23)26/h4-16,20,27-28,34,39H,17-19H2,1-3H3,(H,35,40)(H,37,43)(H2,36,38,41,42)/t27-,28-/m0/s1. The predicted molar refractivity (Wildman–Crippen MR) is 166 cm³/mol. The number of para-hydroxylation sites is 1. The minimum Gasteiger partial charge on any atom is -0.508 e. The number of hydrogen-bond acceptors (Lipinski definition) is 6. The van der Waals surface area contributed by atoms with E-state index in [0.717, 1.165) is 22.0 Å². The largest absolute Gasteiger partial charge is 0.508 e. The Morgan fingerprint density at radius 2 is 1.45 bits per heavy atom. The molecular weight excluding hydrogens is 562 g/mol. The van der Waals surface area contributed by atoms with Gasteiger partial charge in [-0.2, -0.15) is 0 Å². The first kappa shape index (κ1) is 31.6. The van der Waals surface area contributed by atoms with Gasteiger partial charge in [0, 0.05) is 36.5 Å². The van der Waals surface area contributed by atoms with Crippen LogP contribution in [0.4, 0.5) is 9.59 Å². The molecule has 0 aliphatic carbocycles. The molecule has 5 amide bonds. The fourth-order valence-electron chi connectivity index (χ4n) is 4.56. The molecule has 0 unspecified atom stereocenters. The Morgan fingerprint density at radius 1 is 0.795 bits per heavy atom. The van der Waals surface area contributed by atoms with Crippen molar-refractivity contribution in [1.82, 2.24) is 26.3 Å². The first-order valence-electron chi connectivity index (χ1n) is 14.2. The van der Waals surface area contributed by atoms with Crippen LogP contribution in [-0.2, 0) is 33.7 Å². The highest BCUT2D eigenvalue weighted by Crippen LogP contribution is 2.19. The molecule has 0 saturated heterocycles. The van der Waals surface area contributed by atoms with Gasteiger partial charge in [0.05, 0.1) is 0 Å². The molecule has 11 heteroatoms. The van der Waals surface area contributed by atoms with Crippen LogP contribution < -0.4 is 21.3 Å². The van der Waals surface area contributed by atoms with E-state index < -0.39 is 41.6 Å². The number of hydrogen-bond donors (Lipinski definition) is 6. The number of fused-ring (bicyclic) bond motifs is 1. The Hall–Kier alpha value is -5.32. The van der Waals surface area contributed by atoms with Crippen molar-refractivity contribution >= 4 is 34.8 Å². The molecule has 1 heterocycles. The summed E-state index contributed by atoms with van der Waals surface area (Å²) in [6.45, 7) is 5.31. The van der Waals surface area contributed by atoms with Crippen molar-refractivity contribution < 1.29 is 29.0 Å². The minimum absolute atomic E-state index is 0.00889. The van der Waals surface area contributed by atoms with E-state index in [-0.39, 0.29) is 25.1 Å². The molecular formula is C33H37N5O6. The van der Waals surface area contributed by atoms with Crippen molar-refractivity contribution in [2.24, 2.45) is 0 Å². The Labute approximate surface area is 255 Å². The summed E-state index contributed by atoms with van der Waals surface area (Å²) < 4.78 is 5.31. The summed E-state index contributed by atoms with van der Waals surface area (Å²) in [5.74, 6) is -1.20. The fourth-order valence-corrected chi connectivity index (χ4v) is 4.56. The van der Waals surface area contributed by atoms with Crippen LogP contribution in [-0.4, -0.2) is 51.7 Å². The van der Waals surface area contributed by atoms with E-state index >= 15 is 0 Å². The number of aromatic hydroxyl groups is 1. The monoisotopic (exact) mass is 599 g/mol. The number of imide groups is 1. The maximum Gasteiger partial charge on any atom is 0.408 e. The van der Waals surface area contributed by atoms with Crippen molar-refractivity contribution in [2.75, 3.05) is 0 Å². The normalized spacial score (nSPS) is 12.5. The number of aromatic amines is 1. The third-order valence-corrected chi connectivity index (χ3v) is 6.65. The highest BCUT2D eigenvalue weighted by molar-refractivity contribution is 6.00. The van der Waals surface area contributed by atoms with Gasteiger partial charge >= 0.3 is 12.1 Å². The van der Waals surface area contributed by atoms with E-state index in [0.29, 0.717) is 5.56 Å². The zero-order valence-electron chi connectivity index (χ0n) is 24.8. The predicted octanol–water partition coefficient (Wildman–Crippen LogP) is 4.06. The second kappa shape index (κ2) is 14.2. The summed E-state index contributed by atoms with van der Waals surface area (Å²) in [7, 11) is 0. The highest BCUT2D eigenvalue weighted by atomic mass is 16.6. The molecule has 0 saturated carbocycles. The van der Waals surface area contributed by atoms with Crippen LogP contribution in [0.5, 0.6) is 5.75 Å². The second-order valence-electron chi connectivity index (χ2n) is 11.4. The van der Waals surface area contributed by atoms with Gasteiger partial charge in [0.25, 0.3) is 5.91 Å². The third-order valence-electron chi connectivity index (χ3n) is 6.65. The number of urea groups is 1. The Morgan fingerprint density at radius 3 is 2.16 bits per heavy atom. The van der Waals surface area contributed by atoms with Gasteiger partial charge in [0.15, 0.2) is 0 Å². The Kier molecular flexibility index (Phi) is 10.2. The van der Waals surface area contributed by atoms with Gasteiger partial charge in [-0.3, -0.25) is 14.9 Å². The number of H-pyrrole nitrogens is 1. The van der Waals surface area contributed by atoms with Crippen molar-refractivity contribution in [3.63, 3.8) is 0 Å². The van der Waals surface area contributed by atoms with Crippen LogP contribution in [0.2, 0.25) is 0 Å².